The van der Waals surface area contributed by atoms with Crippen LogP contribution in [0.1, 0.15) is 46.0 Å². The van der Waals surface area contributed by atoms with Crippen molar-refractivity contribution >= 4 is 27.9 Å². The van der Waals surface area contributed by atoms with E-state index in [9.17, 15) is 9.59 Å². The fourth-order valence-corrected chi connectivity index (χ4v) is 2.32. The number of halogens is 1. The molecule has 0 fully saturated rings. The minimum atomic E-state index is -0.450. The van der Waals surface area contributed by atoms with Gasteiger partial charge in [0, 0.05) is 4.47 Å². The van der Waals surface area contributed by atoms with Gasteiger partial charge in [0.15, 0.2) is 0 Å². The minimum absolute atomic E-state index is 0.371. The molecule has 2 aromatic carbocycles. The highest BCUT2D eigenvalue weighted by atomic mass is 79.9. The van der Waals surface area contributed by atoms with Crippen LogP contribution in [0.3, 0.4) is 0 Å². The second-order valence-corrected chi connectivity index (χ2v) is 6.22. The molecule has 0 atom stereocenters. The van der Waals surface area contributed by atoms with Crippen LogP contribution < -0.4 is 4.74 Å². The molecule has 2 rings (SSSR count). The van der Waals surface area contributed by atoms with Crippen LogP contribution in [-0.2, 0) is 4.74 Å². The monoisotopic (exact) mass is 390 g/mol. The first kappa shape index (κ1) is 18.2. The summed E-state index contributed by atoms with van der Waals surface area (Å²) in [5.41, 5.74) is 1.93. The first-order valence-corrected chi connectivity index (χ1v) is 8.56. The summed E-state index contributed by atoms with van der Waals surface area (Å²) in [4.78, 5) is 23.9. The highest BCUT2D eigenvalue weighted by molar-refractivity contribution is 9.10. The van der Waals surface area contributed by atoms with Crippen molar-refractivity contribution in [1.29, 1.82) is 0 Å². The molecule has 126 valence electrons. The third-order valence-corrected chi connectivity index (χ3v) is 4.29. The molecule has 0 radical (unpaired) electrons. The van der Waals surface area contributed by atoms with Crippen molar-refractivity contribution in [2.24, 2.45) is 0 Å². The first-order chi connectivity index (χ1) is 11.5. The van der Waals surface area contributed by atoms with Crippen LogP contribution in [0, 0.1) is 6.92 Å². The predicted octanol–water partition coefficient (Wildman–Crippen LogP) is 4.93. The number of carbonyl (C=O) groups excluding carboxylic acids is 2. The van der Waals surface area contributed by atoms with Crippen molar-refractivity contribution in [2.75, 3.05) is 6.61 Å². The summed E-state index contributed by atoms with van der Waals surface area (Å²) in [6, 6.07) is 11.6. The first-order valence-electron chi connectivity index (χ1n) is 7.76. The standard InChI is InChI=1S/C19H19BrO4/c1-3-4-11-23-18(21)14-7-9-16(10-8-14)24-19(22)15-6-5-13(2)17(20)12-15/h5-10,12H,3-4,11H2,1-2H3. The van der Waals surface area contributed by atoms with E-state index in [0.29, 0.717) is 23.5 Å². The summed E-state index contributed by atoms with van der Waals surface area (Å²) < 4.78 is 11.3. The van der Waals surface area contributed by atoms with E-state index < -0.39 is 5.97 Å². The fourth-order valence-electron chi connectivity index (χ4n) is 1.94. The largest absolute Gasteiger partial charge is 0.462 e. The Morgan fingerprint density at radius 3 is 2.29 bits per heavy atom. The lowest BCUT2D eigenvalue weighted by Gasteiger charge is -2.07. The van der Waals surface area contributed by atoms with Crippen LogP contribution >= 0.6 is 15.9 Å². The van der Waals surface area contributed by atoms with Gasteiger partial charge in [0.05, 0.1) is 17.7 Å². The molecule has 24 heavy (non-hydrogen) atoms. The molecule has 0 spiro atoms. The molecule has 0 aromatic heterocycles. The van der Waals surface area contributed by atoms with Crippen LogP contribution in [0.4, 0.5) is 0 Å². The van der Waals surface area contributed by atoms with Gasteiger partial charge in [-0.3, -0.25) is 0 Å². The highest BCUT2D eigenvalue weighted by Gasteiger charge is 2.11. The predicted molar refractivity (Wildman–Crippen MR) is 95.5 cm³/mol. The molecule has 2 aromatic rings. The average Bonchev–Trinajstić information content (AvgIpc) is 2.58. The van der Waals surface area contributed by atoms with Crippen molar-refractivity contribution in [2.45, 2.75) is 26.7 Å². The van der Waals surface area contributed by atoms with Crippen LogP contribution in [0.2, 0.25) is 0 Å². The molecular weight excluding hydrogens is 372 g/mol. The number of rotatable bonds is 6. The van der Waals surface area contributed by atoms with Gasteiger partial charge in [-0.05, 0) is 55.3 Å². The fraction of sp³-hybridized carbons (Fsp3) is 0.263. The van der Waals surface area contributed by atoms with Gasteiger partial charge >= 0.3 is 11.9 Å². The van der Waals surface area contributed by atoms with Crippen molar-refractivity contribution in [3.05, 3.63) is 63.6 Å². The maximum absolute atomic E-state index is 12.1. The zero-order valence-electron chi connectivity index (χ0n) is 13.7. The topological polar surface area (TPSA) is 52.6 Å². The number of unbranched alkanes of at least 4 members (excludes halogenated alkanes) is 1. The van der Waals surface area contributed by atoms with Crippen molar-refractivity contribution < 1.29 is 19.1 Å². The lowest BCUT2D eigenvalue weighted by Crippen LogP contribution is -2.09. The van der Waals surface area contributed by atoms with Crippen molar-refractivity contribution in [3.8, 4) is 5.75 Å². The van der Waals surface area contributed by atoms with E-state index in [4.69, 9.17) is 9.47 Å². The maximum Gasteiger partial charge on any atom is 0.343 e. The quantitative estimate of drug-likeness (QED) is 0.398. The number of benzene rings is 2. The Balaban J connectivity index is 1.99. The summed E-state index contributed by atoms with van der Waals surface area (Å²) in [5, 5.41) is 0. The Hall–Kier alpha value is -2.14. The van der Waals surface area contributed by atoms with Gasteiger partial charge in [-0.1, -0.05) is 35.3 Å². The second-order valence-electron chi connectivity index (χ2n) is 5.37. The summed E-state index contributed by atoms with van der Waals surface area (Å²) >= 11 is 3.39. The number of hydrogen-bond donors (Lipinski definition) is 0. The summed E-state index contributed by atoms with van der Waals surface area (Å²) in [6.07, 6.45) is 1.81. The number of carbonyl (C=O) groups is 2. The van der Waals surface area contributed by atoms with E-state index in [-0.39, 0.29) is 5.97 Å². The summed E-state index contributed by atoms with van der Waals surface area (Å²) in [6.45, 7) is 4.38. The van der Waals surface area contributed by atoms with Gasteiger partial charge in [-0.25, -0.2) is 9.59 Å². The molecular formula is C19H19BrO4. The highest BCUT2D eigenvalue weighted by Crippen LogP contribution is 2.20. The van der Waals surface area contributed by atoms with Gasteiger partial charge < -0.3 is 9.47 Å². The zero-order chi connectivity index (χ0) is 17.5. The van der Waals surface area contributed by atoms with E-state index in [1.54, 1.807) is 36.4 Å². The van der Waals surface area contributed by atoms with Crippen molar-refractivity contribution in [1.82, 2.24) is 0 Å². The SMILES string of the molecule is CCCCOC(=O)c1ccc(OC(=O)c2ccc(C)c(Br)c2)cc1. The van der Waals surface area contributed by atoms with Crippen LogP contribution in [-0.4, -0.2) is 18.5 Å². The third-order valence-electron chi connectivity index (χ3n) is 3.44. The Morgan fingerprint density at radius 2 is 1.67 bits per heavy atom. The lowest BCUT2D eigenvalue weighted by molar-refractivity contribution is 0.0499. The van der Waals surface area contributed by atoms with Gasteiger partial charge in [-0.2, -0.15) is 0 Å². The van der Waals surface area contributed by atoms with Gasteiger partial charge in [0.1, 0.15) is 5.75 Å². The van der Waals surface area contributed by atoms with E-state index >= 15 is 0 Å². The summed E-state index contributed by atoms with van der Waals surface area (Å²) in [5.74, 6) is -0.445. The zero-order valence-corrected chi connectivity index (χ0v) is 15.3. The third kappa shape index (κ3) is 4.93. The second kappa shape index (κ2) is 8.64. The van der Waals surface area contributed by atoms with Crippen molar-refractivity contribution in [3.63, 3.8) is 0 Å². The van der Waals surface area contributed by atoms with Gasteiger partial charge in [-0.15, -0.1) is 0 Å². The average molecular weight is 391 g/mol. The number of ether oxygens (including phenoxy) is 2. The van der Waals surface area contributed by atoms with Crippen LogP contribution in [0.25, 0.3) is 0 Å². The Morgan fingerprint density at radius 1 is 1.00 bits per heavy atom. The van der Waals surface area contributed by atoms with E-state index in [1.807, 2.05) is 19.9 Å². The molecule has 0 saturated heterocycles. The van der Waals surface area contributed by atoms with E-state index in [2.05, 4.69) is 15.9 Å². The smallest absolute Gasteiger partial charge is 0.343 e. The number of aryl methyl sites for hydroxylation is 1. The molecule has 0 heterocycles. The number of hydrogen-bond acceptors (Lipinski definition) is 4. The Kier molecular flexibility index (Phi) is 6.55. The van der Waals surface area contributed by atoms with E-state index in [1.165, 1.54) is 0 Å². The Labute approximate surface area is 149 Å². The molecule has 0 aliphatic rings. The lowest BCUT2D eigenvalue weighted by atomic mass is 10.1. The molecule has 5 heteroatoms. The molecule has 0 aliphatic heterocycles. The Bertz CT molecular complexity index is 723. The molecule has 4 nitrogen and oxygen atoms in total. The van der Waals surface area contributed by atoms with Gasteiger partial charge in [0.2, 0.25) is 0 Å². The molecule has 0 saturated carbocycles. The van der Waals surface area contributed by atoms with Gasteiger partial charge in [0.25, 0.3) is 0 Å². The molecule has 0 amide bonds. The molecule has 0 aliphatic carbocycles. The molecule has 0 bridgehead atoms. The minimum Gasteiger partial charge on any atom is -0.462 e. The molecule has 0 unspecified atom stereocenters. The van der Waals surface area contributed by atoms with Crippen LogP contribution in [0.5, 0.6) is 5.75 Å². The van der Waals surface area contributed by atoms with Crippen LogP contribution in [0.15, 0.2) is 46.9 Å². The number of esters is 2. The normalized spacial score (nSPS) is 10.3. The van der Waals surface area contributed by atoms with E-state index in [0.717, 1.165) is 22.9 Å². The summed E-state index contributed by atoms with van der Waals surface area (Å²) in [7, 11) is 0. The molecule has 0 N–H and O–H groups in total. The maximum atomic E-state index is 12.1.